The van der Waals surface area contributed by atoms with Crippen molar-refractivity contribution in [2.24, 2.45) is 0 Å². The summed E-state index contributed by atoms with van der Waals surface area (Å²) in [6, 6.07) is 4.82. The topological polar surface area (TPSA) is 84.3 Å². The molecule has 0 aliphatic heterocycles. The molecule has 2 rings (SSSR count). The number of aromatic nitrogens is 2. The van der Waals surface area contributed by atoms with E-state index in [9.17, 15) is 4.79 Å². The Morgan fingerprint density at radius 3 is 3.05 bits per heavy atom. The fraction of sp³-hybridized carbons (Fsp3) is 0.250. The summed E-state index contributed by atoms with van der Waals surface area (Å²) in [5, 5.41) is 14.7. The highest BCUT2D eigenvalue weighted by molar-refractivity contribution is 7.09. The second-order valence-corrected chi connectivity index (χ2v) is 4.68. The highest BCUT2D eigenvalue weighted by Crippen LogP contribution is 2.12. The molecule has 19 heavy (non-hydrogen) atoms. The van der Waals surface area contributed by atoms with E-state index < -0.39 is 5.97 Å². The third kappa shape index (κ3) is 3.73. The molecule has 0 fully saturated rings. The zero-order valence-electron chi connectivity index (χ0n) is 10.3. The second-order valence-electron chi connectivity index (χ2n) is 3.73. The molecule has 100 valence electrons. The van der Waals surface area contributed by atoms with Gasteiger partial charge >= 0.3 is 5.97 Å². The van der Waals surface area contributed by atoms with Gasteiger partial charge in [-0.25, -0.2) is 14.8 Å². The van der Waals surface area contributed by atoms with Gasteiger partial charge in [-0.05, 0) is 12.1 Å². The molecule has 0 aliphatic rings. The number of carboxylic acid groups (broad SMARTS) is 1. The van der Waals surface area contributed by atoms with Crippen molar-refractivity contribution in [2.45, 2.75) is 13.2 Å². The van der Waals surface area contributed by atoms with Crippen LogP contribution in [0.2, 0.25) is 0 Å². The number of thiazole rings is 1. The van der Waals surface area contributed by atoms with Gasteiger partial charge in [-0.2, -0.15) is 0 Å². The lowest BCUT2D eigenvalue weighted by molar-refractivity contribution is 0.0690. The van der Waals surface area contributed by atoms with E-state index in [0.29, 0.717) is 19.0 Å². The highest BCUT2D eigenvalue weighted by Gasteiger charge is 2.06. The number of aromatic carboxylic acids is 1. The van der Waals surface area contributed by atoms with Gasteiger partial charge < -0.3 is 15.2 Å². The number of anilines is 1. The molecule has 0 unspecified atom stereocenters. The maximum atomic E-state index is 10.8. The summed E-state index contributed by atoms with van der Waals surface area (Å²) in [6.45, 7) is 0.994. The van der Waals surface area contributed by atoms with Crippen molar-refractivity contribution in [1.29, 1.82) is 0 Å². The summed E-state index contributed by atoms with van der Waals surface area (Å²) >= 11 is 1.53. The zero-order chi connectivity index (χ0) is 13.7. The van der Waals surface area contributed by atoms with Crippen LogP contribution in [0.1, 0.15) is 21.2 Å². The Labute approximate surface area is 114 Å². The van der Waals surface area contributed by atoms with Gasteiger partial charge in [0.05, 0.1) is 18.8 Å². The SMILES string of the molecule is COCc1nc(CNc2cccc(C(=O)O)n2)cs1. The predicted octanol–water partition coefficient (Wildman–Crippen LogP) is 1.99. The largest absolute Gasteiger partial charge is 0.477 e. The van der Waals surface area contributed by atoms with E-state index in [4.69, 9.17) is 9.84 Å². The van der Waals surface area contributed by atoms with E-state index in [1.165, 1.54) is 17.4 Å². The van der Waals surface area contributed by atoms with Crippen LogP contribution in [0.5, 0.6) is 0 Å². The Morgan fingerprint density at radius 1 is 1.47 bits per heavy atom. The van der Waals surface area contributed by atoms with Crippen molar-refractivity contribution in [2.75, 3.05) is 12.4 Å². The van der Waals surface area contributed by atoms with Gasteiger partial charge in [-0.1, -0.05) is 6.07 Å². The van der Waals surface area contributed by atoms with Crippen LogP contribution >= 0.6 is 11.3 Å². The molecule has 0 bridgehead atoms. The summed E-state index contributed by atoms with van der Waals surface area (Å²) in [7, 11) is 1.63. The van der Waals surface area contributed by atoms with Crippen LogP contribution in [0.3, 0.4) is 0 Å². The quantitative estimate of drug-likeness (QED) is 0.841. The van der Waals surface area contributed by atoms with Crippen molar-refractivity contribution < 1.29 is 14.6 Å². The number of nitrogens with one attached hydrogen (secondary N) is 1. The van der Waals surface area contributed by atoms with Gasteiger partial charge in [-0.15, -0.1) is 11.3 Å². The van der Waals surface area contributed by atoms with Gasteiger partial charge in [0, 0.05) is 12.5 Å². The average Bonchev–Trinajstić information content (AvgIpc) is 2.85. The standard InChI is InChI=1S/C12H13N3O3S/c1-18-6-11-14-8(7-19-11)5-13-10-4-2-3-9(15-10)12(16)17/h2-4,7H,5-6H2,1H3,(H,13,15)(H,16,17). The summed E-state index contributed by atoms with van der Waals surface area (Å²) in [4.78, 5) is 19.1. The number of pyridine rings is 1. The minimum Gasteiger partial charge on any atom is -0.477 e. The Morgan fingerprint density at radius 2 is 2.32 bits per heavy atom. The van der Waals surface area contributed by atoms with E-state index in [0.717, 1.165) is 10.7 Å². The van der Waals surface area contributed by atoms with Crippen LogP contribution in [0.25, 0.3) is 0 Å². The van der Waals surface area contributed by atoms with Crippen LogP contribution in [0.4, 0.5) is 5.82 Å². The number of ether oxygens (including phenoxy) is 1. The van der Waals surface area contributed by atoms with E-state index >= 15 is 0 Å². The molecule has 2 heterocycles. The number of carbonyl (C=O) groups is 1. The monoisotopic (exact) mass is 279 g/mol. The molecule has 0 aromatic carbocycles. The molecular weight excluding hydrogens is 266 g/mol. The third-order valence-corrected chi connectivity index (χ3v) is 3.16. The fourth-order valence-electron chi connectivity index (χ4n) is 1.45. The molecule has 2 N–H and O–H groups in total. The lowest BCUT2D eigenvalue weighted by atomic mass is 10.3. The molecule has 0 amide bonds. The molecule has 0 atom stereocenters. The highest BCUT2D eigenvalue weighted by atomic mass is 32.1. The fourth-order valence-corrected chi connectivity index (χ4v) is 2.22. The maximum Gasteiger partial charge on any atom is 0.354 e. The molecule has 0 radical (unpaired) electrons. The molecule has 2 aromatic heterocycles. The Hall–Kier alpha value is -1.99. The smallest absolute Gasteiger partial charge is 0.354 e. The van der Waals surface area contributed by atoms with E-state index in [1.807, 2.05) is 5.38 Å². The Bertz CT molecular complexity index is 571. The van der Waals surface area contributed by atoms with Gasteiger partial charge in [0.25, 0.3) is 0 Å². The first-order valence-electron chi connectivity index (χ1n) is 5.55. The van der Waals surface area contributed by atoms with Crippen molar-refractivity contribution in [3.63, 3.8) is 0 Å². The molecule has 6 nitrogen and oxygen atoms in total. The van der Waals surface area contributed by atoms with Gasteiger partial charge in [0.15, 0.2) is 5.69 Å². The third-order valence-electron chi connectivity index (χ3n) is 2.29. The van der Waals surface area contributed by atoms with Crippen molar-refractivity contribution in [1.82, 2.24) is 9.97 Å². The molecule has 2 aromatic rings. The molecule has 0 spiro atoms. The van der Waals surface area contributed by atoms with Crippen molar-refractivity contribution in [3.05, 3.63) is 40.0 Å². The van der Waals surface area contributed by atoms with E-state index in [-0.39, 0.29) is 5.69 Å². The Kier molecular flexibility index (Phi) is 4.43. The zero-order valence-corrected chi connectivity index (χ0v) is 11.1. The van der Waals surface area contributed by atoms with Gasteiger partial charge in [0.2, 0.25) is 0 Å². The molecule has 0 saturated heterocycles. The van der Waals surface area contributed by atoms with Crippen LogP contribution in [0, 0.1) is 0 Å². The second kappa shape index (κ2) is 6.26. The van der Waals surface area contributed by atoms with E-state index in [2.05, 4.69) is 15.3 Å². The summed E-state index contributed by atoms with van der Waals surface area (Å²) in [5.41, 5.74) is 0.892. The first-order chi connectivity index (χ1) is 9.19. The predicted molar refractivity (Wildman–Crippen MR) is 71.4 cm³/mol. The molecular formula is C12H13N3O3S. The van der Waals surface area contributed by atoms with Crippen LogP contribution in [-0.4, -0.2) is 28.2 Å². The van der Waals surface area contributed by atoms with Crippen LogP contribution < -0.4 is 5.32 Å². The molecule has 7 heteroatoms. The first-order valence-corrected chi connectivity index (χ1v) is 6.43. The number of nitrogens with zero attached hydrogens (tertiary/aromatic N) is 2. The summed E-state index contributed by atoms with van der Waals surface area (Å²) in [5.74, 6) is -0.527. The number of methoxy groups -OCH3 is 1. The number of rotatable bonds is 6. The summed E-state index contributed by atoms with van der Waals surface area (Å²) < 4.78 is 5.00. The first kappa shape index (κ1) is 13.4. The van der Waals surface area contributed by atoms with Crippen LogP contribution in [0.15, 0.2) is 23.6 Å². The minimum atomic E-state index is -1.04. The van der Waals surface area contributed by atoms with Crippen LogP contribution in [-0.2, 0) is 17.9 Å². The minimum absolute atomic E-state index is 0.0170. The lowest BCUT2D eigenvalue weighted by Gasteiger charge is -2.04. The maximum absolute atomic E-state index is 10.8. The van der Waals surface area contributed by atoms with Gasteiger partial charge in [0.1, 0.15) is 10.8 Å². The van der Waals surface area contributed by atoms with Crippen molar-refractivity contribution >= 4 is 23.1 Å². The molecule has 0 aliphatic carbocycles. The number of hydrogen-bond acceptors (Lipinski definition) is 6. The lowest BCUT2D eigenvalue weighted by Crippen LogP contribution is -2.06. The summed E-state index contributed by atoms with van der Waals surface area (Å²) in [6.07, 6.45) is 0. The van der Waals surface area contributed by atoms with Crippen molar-refractivity contribution in [3.8, 4) is 0 Å². The number of carboxylic acids is 1. The normalized spacial score (nSPS) is 10.4. The van der Waals surface area contributed by atoms with Gasteiger partial charge in [-0.3, -0.25) is 0 Å². The molecule has 0 saturated carbocycles. The van der Waals surface area contributed by atoms with E-state index in [1.54, 1.807) is 19.2 Å². The Balaban J connectivity index is 1.97. The number of hydrogen-bond donors (Lipinski definition) is 2. The average molecular weight is 279 g/mol.